The zero-order chi connectivity index (χ0) is 20.6. The van der Waals surface area contributed by atoms with E-state index in [0.717, 1.165) is 38.0 Å². The predicted octanol–water partition coefficient (Wildman–Crippen LogP) is 3.35. The summed E-state index contributed by atoms with van der Waals surface area (Å²) < 4.78 is 17.0. The number of benzene rings is 2. The van der Waals surface area contributed by atoms with E-state index in [1.54, 1.807) is 26.4 Å². The van der Waals surface area contributed by atoms with Gasteiger partial charge in [-0.05, 0) is 50.0 Å². The molecular formula is C23H30N2O4. The Morgan fingerprint density at radius 1 is 1.14 bits per heavy atom. The third-order valence-electron chi connectivity index (χ3n) is 5.23. The van der Waals surface area contributed by atoms with Gasteiger partial charge in [0.05, 0.1) is 14.2 Å². The smallest absolute Gasteiger partial charge is 0.254 e. The Balaban J connectivity index is 1.80. The molecule has 2 aromatic carbocycles. The molecule has 3 rings (SSSR count). The molecule has 1 atom stereocenters. The lowest BCUT2D eigenvalue weighted by Crippen LogP contribution is -2.42. The summed E-state index contributed by atoms with van der Waals surface area (Å²) in [6.07, 6.45) is 2.16. The van der Waals surface area contributed by atoms with E-state index in [2.05, 4.69) is 5.32 Å². The molecule has 0 bridgehead atoms. The average molecular weight is 399 g/mol. The van der Waals surface area contributed by atoms with Crippen LogP contribution in [0.25, 0.3) is 0 Å². The predicted molar refractivity (Wildman–Crippen MR) is 113 cm³/mol. The SMILES string of the molecule is CNCC1CCCN(C(=O)c2cc(OC)c(OCc3ccccc3)c(OC)c2)C1. The normalized spacial score (nSPS) is 16.4. The molecule has 0 spiro atoms. The summed E-state index contributed by atoms with van der Waals surface area (Å²) in [7, 11) is 5.09. The number of nitrogens with one attached hydrogen (secondary N) is 1. The second-order valence-electron chi connectivity index (χ2n) is 7.30. The fraction of sp³-hybridized carbons (Fsp3) is 0.435. The van der Waals surface area contributed by atoms with Crippen LogP contribution in [0.3, 0.4) is 0 Å². The van der Waals surface area contributed by atoms with Gasteiger partial charge in [0.25, 0.3) is 5.91 Å². The van der Waals surface area contributed by atoms with Crippen molar-refractivity contribution < 1.29 is 19.0 Å². The number of carbonyl (C=O) groups is 1. The van der Waals surface area contributed by atoms with Gasteiger partial charge in [-0.3, -0.25) is 4.79 Å². The molecule has 0 aliphatic carbocycles. The number of ether oxygens (including phenoxy) is 3. The number of rotatable bonds is 8. The minimum absolute atomic E-state index is 0.00277. The Hall–Kier alpha value is -2.73. The first kappa shape index (κ1) is 21.0. The highest BCUT2D eigenvalue weighted by Gasteiger charge is 2.26. The van der Waals surface area contributed by atoms with Crippen molar-refractivity contribution in [3.8, 4) is 17.2 Å². The molecule has 1 amide bonds. The Morgan fingerprint density at radius 3 is 2.45 bits per heavy atom. The quantitative estimate of drug-likeness (QED) is 0.739. The molecule has 1 fully saturated rings. The Morgan fingerprint density at radius 2 is 1.83 bits per heavy atom. The molecule has 0 aromatic heterocycles. The van der Waals surface area contributed by atoms with E-state index in [1.807, 2.05) is 42.3 Å². The maximum Gasteiger partial charge on any atom is 0.254 e. The van der Waals surface area contributed by atoms with Gasteiger partial charge in [-0.2, -0.15) is 0 Å². The molecule has 29 heavy (non-hydrogen) atoms. The summed E-state index contributed by atoms with van der Waals surface area (Å²) in [5, 5.41) is 3.21. The van der Waals surface area contributed by atoms with Crippen molar-refractivity contribution in [2.45, 2.75) is 19.4 Å². The van der Waals surface area contributed by atoms with Crippen LogP contribution < -0.4 is 19.5 Å². The fourth-order valence-electron chi connectivity index (χ4n) is 3.76. The summed E-state index contributed by atoms with van der Waals surface area (Å²) >= 11 is 0. The molecule has 1 heterocycles. The molecule has 1 unspecified atom stereocenters. The van der Waals surface area contributed by atoms with Crippen molar-refractivity contribution in [3.63, 3.8) is 0 Å². The van der Waals surface area contributed by atoms with Crippen molar-refractivity contribution in [2.75, 3.05) is 40.9 Å². The molecule has 0 saturated carbocycles. The van der Waals surface area contributed by atoms with Crippen molar-refractivity contribution in [1.82, 2.24) is 10.2 Å². The Bertz CT molecular complexity index is 783. The molecule has 1 aliphatic heterocycles. The largest absolute Gasteiger partial charge is 0.493 e. The topological polar surface area (TPSA) is 60.0 Å². The van der Waals surface area contributed by atoms with Crippen molar-refractivity contribution in [3.05, 3.63) is 53.6 Å². The zero-order valence-corrected chi connectivity index (χ0v) is 17.4. The minimum Gasteiger partial charge on any atom is -0.493 e. The second kappa shape index (κ2) is 10.2. The standard InChI is InChI=1S/C23H30N2O4/c1-24-14-18-10-7-11-25(15-18)23(26)19-12-20(27-2)22(21(13-19)28-3)29-16-17-8-5-4-6-9-17/h4-6,8-9,12-13,18,24H,7,10-11,14-16H2,1-3H3. The monoisotopic (exact) mass is 398 g/mol. The first-order chi connectivity index (χ1) is 14.2. The third-order valence-corrected chi connectivity index (χ3v) is 5.23. The van der Waals surface area contributed by atoms with Crippen LogP contribution in [0.5, 0.6) is 17.2 Å². The van der Waals surface area contributed by atoms with Crippen molar-refractivity contribution in [1.29, 1.82) is 0 Å². The van der Waals surface area contributed by atoms with Crippen LogP contribution in [0.15, 0.2) is 42.5 Å². The fourth-order valence-corrected chi connectivity index (χ4v) is 3.76. The number of likely N-dealkylation sites (tertiary alicyclic amines) is 1. The van der Waals surface area contributed by atoms with E-state index in [9.17, 15) is 4.79 Å². The lowest BCUT2D eigenvalue weighted by atomic mass is 9.97. The summed E-state index contributed by atoms with van der Waals surface area (Å²) in [6, 6.07) is 13.4. The number of nitrogens with zero attached hydrogens (tertiary/aromatic N) is 1. The van der Waals surface area contributed by atoms with E-state index < -0.39 is 0 Å². The van der Waals surface area contributed by atoms with Crippen LogP contribution in [-0.2, 0) is 6.61 Å². The molecule has 0 radical (unpaired) electrons. The van der Waals surface area contributed by atoms with E-state index in [-0.39, 0.29) is 5.91 Å². The second-order valence-corrected chi connectivity index (χ2v) is 7.30. The van der Waals surface area contributed by atoms with Gasteiger partial charge in [0.1, 0.15) is 6.61 Å². The van der Waals surface area contributed by atoms with E-state index in [0.29, 0.717) is 35.3 Å². The van der Waals surface area contributed by atoms with Crippen LogP contribution in [0.2, 0.25) is 0 Å². The number of hydrogen-bond donors (Lipinski definition) is 1. The lowest BCUT2D eigenvalue weighted by molar-refractivity contribution is 0.0673. The van der Waals surface area contributed by atoms with Gasteiger partial charge in [-0.15, -0.1) is 0 Å². The van der Waals surface area contributed by atoms with Crippen molar-refractivity contribution in [2.24, 2.45) is 5.92 Å². The number of piperidine rings is 1. The molecule has 1 aliphatic rings. The van der Waals surface area contributed by atoms with Gasteiger partial charge in [0, 0.05) is 18.7 Å². The van der Waals surface area contributed by atoms with Gasteiger partial charge in [-0.1, -0.05) is 30.3 Å². The maximum absolute atomic E-state index is 13.1. The highest BCUT2D eigenvalue weighted by molar-refractivity contribution is 5.95. The molecule has 1 N–H and O–H groups in total. The van der Waals surface area contributed by atoms with Crippen LogP contribution >= 0.6 is 0 Å². The van der Waals surface area contributed by atoms with Gasteiger partial charge in [0.15, 0.2) is 11.5 Å². The van der Waals surface area contributed by atoms with Crippen molar-refractivity contribution >= 4 is 5.91 Å². The first-order valence-electron chi connectivity index (χ1n) is 10.0. The summed E-state index contributed by atoms with van der Waals surface area (Å²) in [4.78, 5) is 15.1. The summed E-state index contributed by atoms with van der Waals surface area (Å²) in [5.74, 6) is 1.97. The lowest BCUT2D eigenvalue weighted by Gasteiger charge is -2.33. The summed E-state index contributed by atoms with van der Waals surface area (Å²) in [6.45, 7) is 2.84. The van der Waals surface area contributed by atoms with Gasteiger partial charge < -0.3 is 24.4 Å². The van der Waals surface area contributed by atoms with Crippen LogP contribution in [0.1, 0.15) is 28.8 Å². The zero-order valence-electron chi connectivity index (χ0n) is 17.4. The first-order valence-corrected chi connectivity index (χ1v) is 10.0. The highest BCUT2D eigenvalue weighted by atomic mass is 16.5. The van der Waals surface area contributed by atoms with Crippen LogP contribution in [0, 0.1) is 5.92 Å². The number of carbonyl (C=O) groups excluding carboxylic acids is 1. The van der Waals surface area contributed by atoms with Crippen LogP contribution in [0.4, 0.5) is 0 Å². The summed E-state index contributed by atoms with van der Waals surface area (Å²) in [5.41, 5.74) is 1.59. The Kier molecular flexibility index (Phi) is 7.36. The molecule has 156 valence electrons. The van der Waals surface area contributed by atoms with E-state index in [1.165, 1.54) is 0 Å². The number of hydrogen-bond acceptors (Lipinski definition) is 5. The van der Waals surface area contributed by atoms with Gasteiger partial charge >= 0.3 is 0 Å². The van der Waals surface area contributed by atoms with Crippen LogP contribution in [-0.4, -0.2) is 51.7 Å². The van der Waals surface area contributed by atoms with E-state index >= 15 is 0 Å². The molecule has 1 saturated heterocycles. The van der Waals surface area contributed by atoms with Gasteiger partial charge in [-0.25, -0.2) is 0 Å². The highest BCUT2D eigenvalue weighted by Crippen LogP contribution is 2.39. The number of methoxy groups -OCH3 is 2. The molecular weight excluding hydrogens is 368 g/mol. The third kappa shape index (κ3) is 5.21. The average Bonchev–Trinajstić information content (AvgIpc) is 2.77. The molecule has 2 aromatic rings. The van der Waals surface area contributed by atoms with Gasteiger partial charge in [0.2, 0.25) is 5.75 Å². The van der Waals surface area contributed by atoms with E-state index in [4.69, 9.17) is 14.2 Å². The minimum atomic E-state index is -0.00277. The molecule has 6 heteroatoms. The number of amides is 1. The maximum atomic E-state index is 13.1. The molecule has 6 nitrogen and oxygen atoms in total. The Labute approximate surface area is 172 Å².